The lowest BCUT2D eigenvalue weighted by atomic mass is 10.1. The predicted molar refractivity (Wildman–Crippen MR) is 86.5 cm³/mol. The molecule has 2 N–H and O–H groups in total. The zero-order valence-electron chi connectivity index (χ0n) is 13.3. The van der Waals surface area contributed by atoms with Crippen LogP contribution in [0.2, 0.25) is 0 Å². The van der Waals surface area contributed by atoms with Crippen molar-refractivity contribution in [2.45, 2.75) is 46.6 Å². The highest BCUT2D eigenvalue weighted by molar-refractivity contribution is 5.67. The largest absolute Gasteiger partial charge is 0.491 e. The van der Waals surface area contributed by atoms with Gasteiger partial charge in [0, 0.05) is 17.0 Å². The lowest BCUT2D eigenvalue weighted by Crippen LogP contribution is -2.07. The molecule has 1 aromatic carbocycles. The first-order valence-electron chi connectivity index (χ1n) is 7.29. The summed E-state index contributed by atoms with van der Waals surface area (Å²) in [6.07, 6.45) is 0.167. The molecule has 0 unspecified atom stereocenters. The van der Waals surface area contributed by atoms with E-state index in [0.717, 1.165) is 28.4 Å². The van der Waals surface area contributed by atoms with Crippen molar-refractivity contribution >= 4 is 5.82 Å². The third-order valence-electron chi connectivity index (χ3n) is 3.22. The van der Waals surface area contributed by atoms with Gasteiger partial charge in [-0.15, -0.1) is 0 Å². The van der Waals surface area contributed by atoms with Crippen molar-refractivity contribution in [1.82, 2.24) is 9.97 Å². The van der Waals surface area contributed by atoms with Gasteiger partial charge < -0.3 is 10.5 Å². The van der Waals surface area contributed by atoms with E-state index in [1.54, 1.807) is 0 Å². The van der Waals surface area contributed by atoms with Crippen LogP contribution in [-0.4, -0.2) is 16.1 Å². The van der Waals surface area contributed by atoms with E-state index in [0.29, 0.717) is 5.82 Å². The number of ether oxygens (including phenoxy) is 1. The standard InChI is InChI=1S/C17H23N3O/c1-10(2)17-19-15(12(5)16(18)20-17)13-6-8-14(9-7-13)21-11(3)4/h6-11H,1-5H3,(H2,18,19,20). The average Bonchev–Trinajstić information content (AvgIpc) is 2.42. The first-order valence-corrected chi connectivity index (χ1v) is 7.29. The summed E-state index contributed by atoms with van der Waals surface area (Å²) in [5.41, 5.74) is 8.85. The Morgan fingerprint density at radius 2 is 1.62 bits per heavy atom. The molecule has 21 heavy (non-hydrogen) atoms. The fraction of sp³-hybridized carbons (Fsp3) is 0.412. The molecule has 0 aliphatic carbocycles. The Hall–Kier alpha value is -2.10. The minimum Gasteiger partial charge on any atom is -0.491 e. The van der Waals surface area contributed by atoms with Crippen LogP contribution < -0.4 is 10.5 Å². The maximum Gasteiger partial charge on any atom is 0.133 e. The minimum absolute atomic E-state index is 0.167. The van der Waals surface area contributed by atoms with Crippen LogP contribution in [0, 0.1) is 6.92 Å². The maximum absolute atomic E-state index is 6.02. The second kappa shape index (κ2) is 6.12. The van der Waals surface area contributed by atoms with Crippen molar-refractivity contribution in [3.63, 3.8) is 0 Å². The summed E-state index contributed by atoms with van der Waals surface area (Å²) in [5, 5.41) is 0. The van der Waals surface area contributed by atoms with Crippen molar-refractivity contribution in [2.24, 2.45) is 0 Å². The molecule has 112 valence electrons. The highest BCUT2D eigenvalue weighted by atomic mass is 16.5. The molecule has 0 radical (unpaired) electrons. The molecule has 0 spiro atoms. The molecule has 0 saturated carbocycles. The van der Waals surface area contributed by atoms with E-state index < -0.39 is 0 Å². The Morgan fingerprint density at radius 3 is 2.14 bits per heavy atom. The van der Waals surface area contributed by atoms with E-state index in [4.69, 9.17) is 10.5 Å². The Morgan fingerprint density at radius 1 is 1.00 bits per heavy atom. The van der Waals surface area contributed by atoms with Crippen LogP contribution in [-0.2, 0) is 0 Å². The van der Waals surface area contributed by atoms with E-state index in [2.05, 4.69) is 23.8 Å². The molecule has 0 atom stereocenters. The fourth-order valence-electron chi connectivity index (χ4n) is 2.05. The summed E-state index contributed by atoms with van der Waals surface area (Å²) in [7, 11) is 0. The van der Waals surface area contributed by atoms with Gasteiger partial charge in [-0.2, -0.15) is 0 Å². The van der Waals surface area contributed by atoms with Gasteiger partial charge in [0.15, 0.2) is 0 Å². The second-order valence-corrected chi connectivity index (χ2v) is 5.79. The van der Waals surface area contributed by atoms with E-state index in [1.807, 2.05) is 45.0 Å². The average molecular weight is 285 g/mol. The van der Waals surface area contributed by atoms with E-state index in [9.17, 15) is 0 Å². The fourth-order valence-corrected chi connectivity index (χ4v) is 2.05. The number of anilines is 1. The summed E-state index contributed by atoms with van der Waals surface area (Å²) in [4.78, 5) is 9.02. The molecule has 0 amide bonds. The zero-order valence-corrected chi connectivity index (χ0v) is 13.3. The quantitative estimate of drug-likeness (QED) is 0.924. The van der Waals surface area contributed by atoms with E-state index in [-0.39, 0.29) is 12.0 Å². The molecule has 1 heterocycles. The second-order valence-electron chi connectivity index (χ2n) is 5.79. The maximum atomic E-state index is 6.02. The summed E-state index contributed by atoms with van der Waals surface area (Å²) in [6.45, 7) is 10.1. The van der Waals surface area contributed by atoms with Gasteiger partial charge in [-0.25, -0.2) is 9.97 Å². The monoisotopic (exact) mass is 285 g/mol. The number of hydrogen-bond acceptors (Lipinski definition) is 4. The van der Waals surface area contributed by atoms with Crippen molar-refractivity contribution in [2.75, 3.05) is 5.73 Å². The molecule has 4 nitrogen and oxygen atoms in total. The Kier molecular flexibility index (Phi) is 4.46. The molecule has 0 aliphatic rings. The first kappa shape index (κ1) is 15.3. The number of aromatic nitrogens is 2. The van der Waals surface area contributed by atoms with Gasteiger partial charge in [0.1, 0.15) is 17.4 Å². The molecule has 4 heteroatoms. The van der Waals surface area contributed by atoms with Crippen LogP contribution in [0.3, 0.4) is 0 Å². The third-order valence-corrected chi connectivity index (χ3v) is 3.22. The topological polar surface area (TPSA) is 61.0 Å². The summed E-state index contributed by atoms with van der Waals surface area (Å²) >= 11 is 0. The third kappa shape index (κ3) is 3.51. The number of nitrogen functional groups attached to an aromatic ring is 1. The number of benzene rings is 1. The normalized spacial score (nSPS) is 11.2. The highest BCUT2D eigenvalue weighted by Crippen LogP contribution is 2.28. The van der Waals surface area contributed by atoms with E-state index >= 15 is 0 Å². The Bertz CT molecular complexity index is 619. The van der Waals surface area contributed by atoms with Gasteiger partial charge in [-0.1, -0.05) is 13.8 Å². The molecular formula is C17H23N3O. The van der Waals surface area contributed by atoms with Crippen LogP contribution in [0.5, 0.6) is 5.75 Å². The lowest BCUT2D eigenvalue weighted by molar-refractivity contribution is 0.242. The van der Waals surface area contributed by atoms with Crippen molar-refractivity contribution in [3.05, 3.63) is 35.7 Å². The van der Waals surface area contributed by atoms with E-state index in [1.165, 1.54) is 0 Å². The molecule has 0 fully saturated rings. The Balaban J connectivity index is 2.41. The molecule has 1 aromatic heterocycles. The lowest BCUT2D eigenvalue weighted by Gasteiger charge is -2.13. The van der Waals surface area contributed by atoms with Gasteiger partial charge >= 0.3 is 0 Å². The molecule has 0 saturated heterocycles. The highest BCUT2D eigenvalue weighted by Gasteiger charge is 2.13. The molecule has 0 bridgehead atoms. The van der Waals surface area contributed by atoms with Gasteiger partial charge in [0.25, 0.3) is 0 Å². The molecular weight excluding hydrogens is 262 g/mol. The van der Waals surface area contributed by atoms with Crippen LogP contribution >= 0.6 is 0 Å². The smallest absolute Gasteiger partial charge is 0.133 e. The number of nitrogens with two attached hydrogens (primary N) is 1. The van der Waals surface area contributed by atoms with Crippen LogP contribution in [0.1, 0.15) is 45.0 Å². The molecule has 0 aliphatic heterocycles. The van der Waals surface area contributed by atoms with Gasteiger partial charge in [0.05, 0.1) is 11.8 Å². The Labute approximate surface area is 126 Å². The zero-order chi connectivity index (χ0) is 15.6. The summed E-state index contributed by atoms with van der Waals surface area (Å²) in [5.74, 6) is 2.43. The van der Waals surface area contributed by atoms with Crippen LogP contribution in [0.15, 0.2) is 24.3 Å². The minimum atomic E-state index is 0.167. The number of rotatable bonds is 4. The number of hydrogen-bond donors (Lipinski definition) is 1. The van der Waals surface area contributed by atoms with Crippen molar-refractivity contribution in [1.29, 1.82) is 0 Å². The SMILES string of the molecule is Cc1c(N)nc(C(C)C)nc1-c1ccc(OC(C)C)cc1. The summed E-state index contributed by atoms with van der Waals surface area (Å²) < 4.78 is 5.66. The molecule has 2 aromatic rings. The van der Waals surface area contributed by atoms with Crippen molar-refractivity contribution in [3.8, 4) is 17.0 Å². The van der Waals surface area contributed by atoms with Gasteiger partial charge in [0.2, 0.25) is 0 Å². The number of nitrogens with zero attached hydrogens (tertiary/aromatic N) is 2. The van der Waals surface area contributed by atoms with Crippen LogP contribution in [0.4, 0.5) is 5.82 Å². The van der Waals surface area contributed by atoms with Crippen LogP contribution in [0.25, 0.3) is 11.3 Å². The van der Waals surface area contributed by atoms with Gasteiger partial charge in [-0.3, -0.25) is 0 Å². The van der Waals surface area contributed by atoms with Gasteiger partial charge in [-0.05, 0) is 45.0 Å². The molecule has 2 rings (SSSR count). The first-order chi connectivity index (χ1) is 9.88. The summed E-state index contributed by atoms with van der Waals surface area (Å²) in [6, 6.07) is 7.94. The predicted octanol–water partition coefficient (Wildman–Crippen LogP) is 3.94. The van der Waals surface area contributed by atoms with Crippen molar-refractivity contribution < 1.29 is 4.74 Å².